The lowest BCUT2D eigenvalue weighted by atomic mass is 10.1. The maximum absolute atomic E-state index is 6.11. The maximum atomic E-state index is 6.11. The van der Waals surface area contributed by atoms with E-state index in [1.165, 1.54) is 0 Å². The minimum absolute atomic E-state index is 0.340. The van der Waals surface area contributed by atoms with Crippen molar-refractivity contribution in [2.75, 3.05) is 0 Å². The summed E-state index contributed by atoms with van der Waals surface area (Å²) in [7, 11) is 0. The van der Waals surface area contributed by atoms with Crippen LogP contribution in [0.25, 0.3) is 50.2 Å². The molecule has 5 nitrogen and oxygen atoms in total. The van der Waals surface area contributed by atoms with Gasteiger partial charge in [-0.25, -0.2) is 9.97 Å². The number of aromatic nitrogens is 4. The van der Waals surface area contributed by atoms with Crippen LogP contribution in [0.15, 0.2) is 77.3 Å². The Morgan fingerprint density at radius 2 is 1.69 bits per heavy atom. The van der Waals surface area contributed by atoms with Crippen molar-refractivity contribution in [3.05, 3.63) is 84.3 Å². The lowest BCUT2D eigenvalue weighted by Crippen LogP contribution is -1.98. The Bertz CT molecular complexity index is 1610. The summed E-state index contributed by atoms with van der Waals surface area (Å²) in [5.41, 5.74) is 7.41. The molecular formula is C27H22N4O. The molecular weight excluding hydrogens is 396 g/mol. The largest absolute Gasteiger partial charge is 0.438 e. The summed E-state index contributed by atoms with van der Waals surface area (Å²) in [5.74, 6) is 1.20. The molecule has 0 fully saturated rings. The summed E-state index contributed by atoms with van der Waals surface area (Å²) in [6, 6.07) is 22.7. The van der Waals surface area contributed by atoms with E-state index in [1.54, 1.807) is 0 Å². The van der Waals surface area contributed by atoms with E-state index in [-0.39, 0.29) is 0 Å². The third-order valence-electron chi connectivity index (χ3n) is 5.90. The van der Waals surface area contributed by atoms with Crippen LogP contribution >= 0.6 is 0 Å². The Balaban J connectivity index is 1.62. The first-order valence-corrected chi connectivity index (χ1v) is 10.8. The minimum atomic E-state index is 0.340. The van der Waals surface area contributed by atoms with Gasteiger partial charge in [0.15, 0.2) is 0 Å². The third-order valence-corrected chi connectivity index (χ3v) is 5.90. The van der Waals surface area contributed by atoms with Gasteiger partial charge in [-0.05, 0) is 55.3 Å². The Labute approximate surface area is 185 Å². The number of rotatable bonds is 3. The molecule has 0 N–H and O–H groups in total. The van der Waals surface area contributed by atoms with Gasteiger partial charge in [-0.15, -0.1) is 0 Å². The fourth-order valence-electron chi connectivity index (χ4n) is 4.23. The van der Waals surface area contributed by atoms with Crippen molar-refractivity contribution in [3.63, 3.8) is 0 Å². The van der Waals surface area contributed by atoms with Crippen LogP contribution in [0.2, 0.25) is 0 Å². The van der Waals surface area contributed by atoms with Crippen LogP contribution in [0.3, 0.4) is 0 Å². The number of para-hydroxylation sites is 1. The van der Waals surface area contributed by atoms with Gasteiger partial charge in [0.25, 0.3) is 0 Å². The SMILES string of the molecule is Cc1ccc2c(n1)oc1cc(-c3nc4cc(C(C)C)ncc4n3-c3ccccc3)ccc12. The average Bonchev–Trinajstić information content (AvgIpc) is 3.36. The number of benzene rings is 2. The Morgan fingerprint density at radius 3 is 2.50 bits per heavy atom. The minimum Gasteiger partial charge on any atom is -0.438 e. The molecule has 6 aromatic rings. The number of aryl methyl sites for hydroxylation is 1. The first-order valence-electron chi connectivity index (χ1n) is 10.8. The van der Waals surface area contributed by atoms with Crippen LogP contribution in [-0.2, 0) is 0 Å². The van der Waals surface area contributed by atoms with Crippen LogP contribution in [0.4, 0.5) is 0 Å². The molecule has 0 spiro atoms. The molecule has 0 saturated heterocycles. The molecule has 156 valence electrons. The number of imidazole rings is 1. The number of furan rings is 1. The summed E-state index contributed by atoms with van der Waals surface area (Å²) in [4.78, 5) is 14.3. The highest BCUT2D eigenvalue weighted by Crippen LogP contribution is 2.34. The first kappa shape index (κ1) is 18.8. The molecule has 0 aliphatic heterocycles. The number of hydrogen-bond acceptors (Lipinski definition) is 4. The third kappa shape index (κ3) is 2.89. The van der Waals surface area contributed by atoms with E-state index in [1.807, 2.05) is 37.4 Å². The predicted octanol–water partition coefficient (Wildman–Crippen LogP) is 6.81. The normalized spacial score (nSPS) is 11.9. The zero-order chi connectivity index (χ0) is 21.8. The van der Waals surface area contributed by atoms with Crippen molar-refractivity contribution < 1.29 is 4.42 Å². The second kappa shape index (κ2) is 7.02. The van der Waals surface area contributed by atoms with Crippen molar-refractivity contribution >= 4 is 33.1 Å². The molecule has 0 amide bonds. The molecule has 6 rings (SSSR count). The van der Waals surface area contributed by atoms with Crippen molar-refractivity contribution in [1.29, 1.82) is 0 Å². The van der Waals surface area contributed by atoms with E-state index in [0.29, 0.717) is 11.6 Å². The van der Waals surface area contributed by atoms with Gasteiger partial charge in [0.1, 0.15) is 11.4 Å². The van der Waals surface area contributed by atoms with Gasteiger partial charge in [0.05, 0.1) is 17.2 Å². The van der Waals surface area contributed by atoms with Gasteiger partial charge in [-0.3, -0.25) is 9.55 Å². The second-order valence-electron chi connectivity index (χ2n) is 8.48. The van der Waals surface area contributed by atoms with Crippen molar-refractivity contribution in [3.8, 4) is 17.1 Å². The molecule has 0 saturated carbocycles. The summed E-state index contributed by atoms with van der Waals surface area (Å²) in [5, 5.41) is 2.09. The van der Waals surface area contributed by atoms with Gasteiger partial charge in [-0.2, -0.15) is 0 Å². The highest BCUT2D eigenvalue weighted by Gasteiger charge is 2.18. The molecule has 0 atom stereocenters. The molecule has 0 aliphatic rings. The molecule has 2 aromatic carbocycles. The molecule has 0 aliphatic carbocycles. The average molecular weight is 419 g/mol. The first-order chi connectivity index (χ1) is 15.6. The van der Waals surface area contributed by atoms with E-state index in [9.17, 15) is 0 Å². The zero-order valence-electron chi connectivity index (χ0n) is 18.2. The van der Waals surface area contributed by atoms with Gasteiger partial charge in [0, 0.05) is 33.4 Å². The van der Waals surface area contributed by atoms with E-state index >= 15 is 0 Å². The van der Waals surface area contributed by atoms with Gasteiger partial charge >= 0.3 is 0 Å². The summed E-state index contributed by atoms with van der Waals surface area (Å²) >= 11 is 0. The van der Waals surface area contributed by atoms with Gasteiger partial charge < -0.3 is 4.42 Å². The highest BCUT2D eigenvalue weighted by atomic mass is 16.3. The Hall–Kier alpha value is -3.99. The standard InChI is InChI=1S/C27H22N4O/c1-16(2)22-14-23-24(15-28-22)31(19-7-5-4-6-8-19)26(30-23)18-10-12-20-21-11-9-17(3)29-27(21)32-25(20)13-18/h4-16H,1-3H3. The molecule has 0 unspecified atom stereocenters. The fraction of sp³-hybridized carbons (Fsp3) is 0.148. The Morgan fingerprint density at radius 1 is 0.875 bits per heavy atom. The molecule has 4 heterocycles. The quantitative estimate of drug-likeness (QED) is 0.317. The maximum Gasteiger partial charge on any atom is 0.227 e. The van der Waals surface area contributed by atoms with Crippen LogP contribution in [0.1, 0.15) is 31.2 Å². The summed E-state index contributed by atoms with van der Waals surface area (Å²) < 4.78 is 8.27. The van der Waals surface area contributed by atoms with E-state index in [4.69, 9.17) is 14.4 Å². The van der Waals surface area contributed by atoms with Crippen LogP contribution < -0.4 is 0 Å². The van der Waals surface area contributed by atoms with Gasteiger partial charge in [0.2, 0.25) is 5.71 Å². The number of pyridine rings is 2. The Kier molecular flexibility index (Phi) is 4.12. The van der Waals surface area contributed by atoms with E-state index < -0.39 is 0 Å². The molecule has 4 aromatic heterocycles. The predicted molar refractivity (Wildman–Crippen MR) is 128 cm³/mol. The smallest absolute Gasteiger partial charge is 0.227 e. The van der Waals surface area contributed by atoms with E-state index in [0.717, 1.165) is 55.9 Å². The van der Waals surface area contributed by atoms with Crippen LogP contribution in [0.5, 0.6) is 0 Å². The van der Waals surface area contributed by atoms with Crippen molar-refractivity contribution in [1.82, 2.24) is 19.5 Å². The number of nitrogens with zero attached hydrogens (tertiary/aromatic N) is 4. The van der Waals surface area contributed by atoms with E-state index in [2.05, 4.69) is 65.9 Å². The number of fused-ring (bicyclic) bond motifs is 4. The highest BCUT2D eigenvalue weighted by molar-refractivity contribution is 6.04. The van der Waals surface area contributed by atoms with Gasteiger partial charge in [-0.1, -0.05) is 38.1 Å². The zero-order valence-corrected chi connectivity index (χ0v) is 18.2. The molecule has 0 radical (unpaired) electrons. The van der Waals surface area contributed by atoms with Crippen molar-refractivity contribution in [2.45, 2.75) is 26.7 Å². The topological polar surface area (TPSA) is 56.7 Å². The fourth-order valence-corrected chi connectivity index (χ4v) is 4.23. The lowest BCUT2D eigenvalue weighted by Gasteiger charge is -2.10. The summed E-state index contributed by atoms with van der Waals surface area (Å²) in [6.45, 7) is 6.27. The van der Waals surface area contributed by atoms with Crippen LogP contribution in [-0.4, -0.2) is 19.5 Å². The summed E-state index contributed by atoms with van der Waals surface area (Å²) in [6.07, 6.45) is 1.93. The lowest BCUT2D eigenvalue weighted by molar-refractivity contribution is 0.652. The molecule has 32 heavy (non-hydrogen) atoms. The van der Waals surface area contributed by atoms with Crippen LogP contribution in [0, 0.1) is 6.92 Å². The monoisotopic (exact) mass is 418 g/mol. The van der Waals surface area contributed by atoms with Crippen molar-refractivity contribution in [2.24, 2.45) is 0 Å². The second-order valence-corrected chi connectivity index (χ2v) is 8.48. The number of hydrogen-bond donors (Lipinski definition) is 0. The molecule has 0 bridgehead atoms. The molecule has 5 heteroatoms.